The van der Waals surface area contributed by atoms with Gasteiger partial charge in [-0.25, -0.2) is 0 Å². The van der Waals surface area contributed by atoms with Gasteiger partial charge in [0, 0.05) is 5.02 Å². The average Bonchev–Trinajstić information content (AvgIpc) is 2.37. The van der Waals surface area contributed by atoms with Gasteiger partial charge in [-0.2, -0.15) is 0 Å². The number of benzene rings is 2. The van der Waals surface area contributed by atoms with E-state index in [0.717, 1.165) is 16.1 Å². The molecule has 1 unspecified atom stereocenters. The van der Waals surface area contributed by atoms with Crippen LogP contribution in [0.4, 0.5) is 0 Å². The second kappa shape index (κ2) is 5.77. The highest BCUT2D eigenvalue weighted by atomic mass is 35.5. The van der Waals surface area contributed by atoms with Crippen LogP contribution in [0.1, 0.15) is 33.9 Å². The van der Waals surface area contributed by atoms with Crippen molar-refractivity contribution in [1.82, 2.24) is 5.32 Å². The molecule has 1 N–H and O–H groups in total. The first-order valence-corrected chi connectivity index (χ1v) is 6.92. The highest BCUT2D eigenvalue weighted by Gasteiger charge is 2.17. The summed E-state index contributed by atoms with van der Waals surface area (Å²) in [4.78, 5) is 0. The van der Waals surface area contributed by atoms with Gasteiger partial charge in [-0.3, -0.25) is 0 Å². The Kier molecular flexibility index (Phi) is 4.28. The summed E-state index contributed by atoms with van der Waals surface area (Å²) in [5.74, 6) is 0. The molecule has 0 aliphatic carbocycles. The predicted molar refractivity (Wildman–Crippen MR) is 83.0 cm³/mol. The third-order valence-corrected chi connectivity index (χ3v) is 4.07. The minimum absolute atomic E-state index is 0.132. The molecule has 0 aliphatic rings. The van der Waals surface area contributed by atoms with Crippen molar-refractivity contribution in [3.8, 4) is 0 Å². The van der Waals surface area contributed by atoms with Gasteiger partial charge < -0.3 is 5.32 Å². The van der Waals surface area contributed by atoms with Crippen LogP contribution in [0.25, 0.3) is 0 Å². The predicted octanol–water partition coefficient (Wildman–Crippen LogP) is 4.57. The zero-order chi connectivity index (χ0) is 14.0. The van der Waals surface area contributed by atoms with Crippen molar-refractivity contribution in [3.05, 3.63) is 69.2 Å². The first-order chi connectivity index (χ1) is 9.04. The van der Waals surface area contributed by atoms with Gasteiger partial charge in [0.05, 0.1) is 6.04 Å². The highest BCUT2D eigenvalue weighted by molar-refractivity contribution is 6.32. The molecule has 19 heavy (non-hydrogen) atoms. The SMILES string of the molecule is CNC(c1ccc(C)cc1C)c1cccc(C)c1Cl. The Bertz CT molecular complexity index is 590. The van der Waals surface area contributed by atoms with Gasteiger partial charge in [-0.1, -0.05) is 53.6 Å². The van der Waals surface area contributed by atoms with E-state index in [-0.39, 0.29) is 6.04 Å². The maximum atomic E-state index is 6.46. The molecule has 0 aliphatic heterocycles. The molecule has 0 fully saturated rings. The molecule has 0 heterocycles. The van der Waals surface area contributed by atoms with E-state index in [0.29, 0.717) is 0 Å². The highest BCUT2D eigenvalue weighted by Crippen LogP contribution is 2.31. The van der Waals surface area contributed by atoms with Crippen LogP contribution in [0.3, 0.4) is 0 Å². The fraction of sp³-hybridized carbons (Fsp3) is 0.294. The Labute approximate surface area is 120 Å². The maximum absolute atomic E-state index is 6.46. The van der Waals surface area contributed by atoms with Gasteiger partial charge in [0.25, 0.3) is 0 Å². The molecule has 1 nitrogen and oxygen atoms in total. The van der Waals surface area contributed by atoms with Crippen LogP contribution in [-0.2, 0) is 0 Å². The van der Waals surface area contributed by atoms with Crippen molar-refractivity contribution < 1.29 is 0 Å². The number of hydrogen-bond acceptors (Lipinski definition) is 1. The van der Waals surface area contributed by atoms with E-state index in [1.807, 2.05) is 20.0 Å². The van der Waals surface area contributed by atoms with Crippen LogP contribution in [0.15, 0.2) is 36.4 Å². The van der Waals surface area contributed by atoms with E-state index in [1.165, 1.54) is 16.7 Å². The molecule has 2 aromatic carbocycles. The summed E-state index contributed by atoms with van der Waals surface area (Å²) in [6, 6.07) is 12.9. The minimum atomic E-state index is 0.132. The third-order valence-electron chi connectivity index (χ3n) is 3.56. The Morgan fingerprint density at radius 1 is 0.947 bits per heavy atom. The Morgan fingerprint density at radius 2 is 1.68 bits per heavy atom. The molecular formula is C17H20ClN. The standard InChI is InChI=1S/C17H20ClN/c1-11-8-9-14(13(3)10-11)17(19-4)15-7-5-6-12(2)16(15)18/h5-10,17,19H,1-4H3. The van der Waals surface area contributed by atoms with Gasteiger partial charge in [0.1, 0.15) is 0 Å². The number of halogens is 1. The Hall–Kier alpha value is -1.31. The molecule has 2 heteroatoms. The largest absolute Gasteiger partial charge is 0.309 e. The molecular weight excluding hydrogens is 254 g/mol. The molecule has 0 aromatic heterocycles. The van der Waals surface area contributed by atoms with Gasteiger partial charge >= 0.3 is 0 Å². The van der Waals surface area contributed by atoms with Crippen molar-refractivity contribution in [3.63, 3.8) is 0 Å². The van der Waals surface area contributed by atoms with E-state index in [9.17, 15) is 0 Å². The zero-order valence-corrected chi connectivity index (χ0v) is 12.7. The topological polar surface area (TPSA) is 12.0 Å². The van der Waals surface area contributed by atoms with Crippen LogP contribution in [-0.4, -0.2) is 7.05 Å². The van der Waals surface area contributed by atoms with Gasteiger partial charge in [0.15, 0.2) is 0 Å². The minimum Gasteiger partial charge on any atom is -0.309 e. The first-order valence-electron chi connectivity index (χ1n) is 6.54. The number of aryl methyl sites for hydroxylation is 3. The quantitative estimate of drug-likeness (QED) is 0.863. The van der Waals surface area contributed by atoms with Crippen LogP contribution in [0, 0.1) is 20.8 Å². The van der Waals surface area contributed by atoms with Crippen LogP contribution < -0.4 is 5.32 Å². The van der Waals surface area contributed by atoms with Crippen LogP contribution in [0.2, 0.25) is 5.02 Å². The molecule has 2 rings (SSSR count). The summed E-state index contributed by atoms with van der Waals surface area (Å²) in [7, 11) is 1.97. The fourth-order valence-corrected chi connectivity index (χ4v) is 2.76. The van der Waals surface area contributed by atoms with Crippen molar-refractivity contribution in [2.45, 2.75) is 26.8 Å². The van der Waals surface area contributed by atoms with Crippen molar-refractivity contribution in [1.29, 1.82) is 0 Å². The molecule has 0 radical (unpaired) electrons. The van der Waals surface area contributed by atoms with E-state index in [1.54, 1.807) is 0 Å². The Balaban J connectivity index is 2.53. The van der Waals surface area contributed by atoms with Gasteiger partial charge in [0.2, 0.25) is 0 Å². The molecule has 2 aromatic rings. The zero-order valence-electron chi connectivity index (χ0n) is 11.9. The first kappa shape index (κ1) is 14.1. The lowest BCUT2D eigenvalue weighted by molar-refractivity contribution is 0.687. The normalized spacial score (nSPS) is 12.5. The number of hydrogen-bond donors (Lipinski definition) is 1. The summed E-state index contributed by atoms with van der Waals surface area (Å²) in [6.07, 6.45) is 0. The molecule has 0 saturated carbocycles. The van der Waals surface area contributed by atoms with E-state index in [4.69, 9.17) is 11.6 Å². The molecule has 0 saturated heterocycles. The van der Waals surface area contributed by atoms with Crippen LogP contribution in [0.5, 0.6) is 0 Å². The lowest BCUT2D eigenvalue weighted by Gasteiger charge is -2.21. The van der Waals surface area contributed by atoms with Gasteiger partial charge in [-0.15, -0.1) is 0 Å². The fourth-order valence-electron chi connectivity index (χ4n) is 2.52. The number of nitrogens with one attached hydrogen (secondary N) is 1. The molecule has 0 bridgehead atoms. The number of rotatable bonds is 3. The third kappa shape index (κ3) is 2.83. The summed E-state index contributed by atoms with van der Waals surface area (Å²) < 4.78 is 0. The molecule has 100 valence electrons. The van der Waals surface area contributed by atoms with Crippen LogP contribution >= 0.6 is 11.6 Å². The Morgan fingerprint density at radius 3 is 2.32 bits per heavy atom. The summed E-state index contributed by atoms with van der Waals surface area (Å²) in [5, 5.41) is 4.23. The summed E-state index contributed by atoms with van der Waals surface area (Å²) in [6.45, 7) is 6.31. The summed E-state index contributed by atoms with van der Waals surface area (Å²) >= 11 is 6.46. The monoisotopic (exact) mass is 273 g/mol. The van der Waals surface area contributed by atoms with Gasteiger partial charge in [-0.05, 0) is 50.1 Å². The smallest absolute Gasteiger partial charge is 0.0591 e. The molecule has 0 spiro atoms. The van der Waals surface area contributed by atoms with E-state index in [2.05, 4.69) is 49.5 Å². The van der Waals surface area contributed by atoms with E-state index < -0.39 is 0 Å². The maximum Gasteiger partial charge on any atom is 0.0591 e. The lowest BCUT2D eigenvalue weighted by atomic mass is 9.93. The van der Waals surface area contributed by atoms with Crippen molar-refractivity contribution in [2.75, 3.05) is 7.05 Å². The van der Waals surface area contributed by atoms with E-state index >= 15 is 0 Å². The van der Waals surface area contributed by atoms with Crippen molar-refractivity contribution in [2.24, 2.45) is 0 Å². The second-order valence-electron chi connectivity index (χ2n) is 5.06. The summed E-state index contributed by atoms with van der Waals surface area (Å²) in [5.41, 5.74) is 6.10. The average molecular weight is 274 g/mol. The van der Waals surface area contributed by atoms with Crippen molar-refractivity contribution >= 4 is 11.6 Å². The second-order valence-corrected chi connectivity index (χ2v) is 5.44. The molecule has 1 atom stereocenters. The molecule has 0 amide bonds. The lowest BCUT2D eigenvalue weighted by Crippen LogP contribution is -2.19.